The molecule has 18 heavy (non-hydrogen) atoms. The van der Waals surface area contributed by atoms with Crippen molar-refractivity contribution < 1.29 is 0 Å². The van der Waals surface area contributed by atoms with Crippen molar-refractivity contribution in [2.45, 2.75) is 33.2 Å². The summed E-state index contributed by atoms with van der Waals surface area (Å²) in [6, 6.07) is 6.64. The molecule has 1 aliphatic heterocycles. The molecule has 2 rings (SSSR count). The lowest BCUT2D eigenvalue weighted by Gasteiger charge is -2.32. The van der Waals surface area contributed by atoms with Gasteiger partial charge >= 0.3 is 0 Å². The van der Waals surface area contributed by atoms with Gasteiger partial charge in [-0.05, 0) is 57.0 Å². The topological polar surface area (TPSA) is 15.3 Å². The fourth-order valence-corrected chi connectivity index (χ4v) is 2.76. The fraction of sp³-hybridized carbons (Fsp3) is 0.600. The molecule has 0 radical (unpaired) electrons. The monoisotopic (exact) mass is 310 g/mol. The van der Waals surface area contributed by atoms with E-state index in [9.17, 15) is 0 Å². The number of nitrogens with zero attached hydrogens (tertiary/aromatic N) is 1. The maximum Gasteiger partial charge on any atom is 0.0370 e. The zero-order chi connectivity index (χ0) is 13.3. The lowest BCUT2D eigenvalue weighted by molar-refractivity contribution is 0.402. The van der Waals surface area contributed by atoms with Crippen molar-refractivity contribution in [2.24, 2.45) is 5.92 Å². The Balaban J connectivity index is 2.26. The van der Waals surface area contributed by atoms with Crippen molar-refractivity contribution in [2.75, 3.05) is 24.5 Å². The molecule has 0 saturated carbocycles. The van der Waals surface area contributed by atoms with Crippen LogP contribution >= 0.6 is 15.9 Å². The maximum absolute atomic E-state index is 3.65. The smallest absolute Gasteiger partial charge is 0.0370 e. The summed E-state index contributed by atoms with van der Waals surface area (Å²) in [7, 11) is 0. The van der Waals surface area contributed by atoms with Gasteiger partial charge in [0, 0.05) is 28.8 Å². The molecule has 1 fully saturated rings. The molecule has 100 valence electrons. The molecule has 1 unspecified atom stereocenters. The van der Waals surface area contributed by atoms with Crippen molar-refractivity contribution in [1.29, 1.82) is 0 Å². The summed E-state index contributed by atoms with van der Waals surface area (Å²) in [6.45, 7) is 12.3. The highest BCUT2D eigenvalue weighted by molar-refractivity contribution is 9.10. The van der Waals surface area contributed by atoms with Gasteiger partial charge in [-0.2, -0.15) is 0 Å². The lowest BCUT2D eigenvalue weighted by Crippen LogP contribution is -2.46. The quantitative estimate of drug-likeness (QED) is 0.853. The van der Waals surface area contributed by atoms with Crippen LogP contribution in [0.4, 0.5) is 5.69 Å². The lowest BCUT2D eigenvalue weighted by atomic mass is 10.1. The molecule has 1 saturated heterocycles. The highest BCUT2D eigenvalue weighted by atomic mass is 79.9. The van der Waals surface area contributed by atoms with E-state index < -0.39 is 0 Å². The van der Waals surface area contributed by atoms with Crippen LogP contribution in [0.15, 0.2) is 22.7 Å². The van der Waals surface area contributed by atoms with Crippen LogP contribution in [0.2, 0.25) is 0 Å². The van der Waals surface area contributed by atoms with Crippen LogP contribution in [0.3, 0.4) is 0 Å². The Hall–Kier alpha value is -0.540. The van der Waals surface area contributed by atoms with Crippen molar-refractivity contribution >= 4 is 21.6 Å². The SMILES string of the molecule is Cc1cc(N2CC(C)CNC(C)(C)C2)ccc1Br. The summed E-state index contributed by atoms with van der Waals surface area (Å²) < 4.78 is 1.19. The van der Waals surface area contributed by atoms with Crippen LogP contribution < -0.4 is 10.2 Å². The van der Waals surface area contributed by atoms with E-state index in [0.29, 0.717) is 5.92 Å². The van der Waals surface area contributed by atoms with Gasteiger partial charge in [0.1, 0.15) is 0 Å². The molecule has 1 heterocycles. The number of nitrogens with one attached hydrogen (secondary N) is 1. The molecule has 1 aromatic rings. The van der Waals surface area contributed by atoms with E-state index in [1.807, 2.05) is 0 Å². The second kappa shape index (κ2) is 5.22. The van der Waals surface area contributed by atoms with Crippen LogP contribution in [0.25, 0.3) is 0 Å². The zero-order valence-corrected chi connectivity index (χ0v) is 13.3. The Labute approximate surface area is 119 Å². The number of halogens is 1. The van der Waals surface area contributed by atoms with E-state index in [1.54, 1.807) is 0 Å². The van der Waals surface area contributed by atoms with Gasteiger partial charge < -0.3 is 10.2 Å². The van der Waals surface area contributed by atoms with E-state index in [2.05, 4.69) is 72.0 Å². The van der Waals surface area contributed by atoms with Gasteiger partial charge in [0.2, 0.25) is 0 Å². The first kappa shape index (κ1) is 13.9. The third-order valence-electron chi connectivity index (χ3n) is 3.55. The van der Waals surface area contributed by atoms with Gasteiger partial charge in [-0.15, -0.1) is 0 Å². The van der Waals surface area contributed by atoms with Crippen molar-refractivity contribution in [3.05, 3.63) is 28.2 Å². The number of rotatable bonds is 1. The van der Waals surface area contributed by atoms with Gasteiger partial charge in [-0.25, -0.2) is 0 Å². The van der Waals surface area contributed by atoms with E-state index in [0.717, 1.165) is 19.6 Å². The molecular weight excluding hydrogens is 288 g/mol. The molecule has 0 bridgehead atoms. The van der Waals surface area contributed by atoms with Crippen molar-refractivity contribution in [3.63, 3.8) is 0 Å². The molecule has 1 N–H and O–H groups in total. The molecule has 1 atom stereocenters. The minimum absolute atomic E-state index is 0.172. The highest BCUT2D eigenvalue weighted by Crippen LogP contribution is 2.26. The summed E-state index contributed by atoms with van der Waals surface area (Å²) in [5.74, 6) is 0.677. The molecule has 3 heteroatoms. The fourth-order valence-electron chi connectivity index (χ4n) is 2.51. The third-order valence-corrected chi connectivity index (χ3v) is 4.44. The average molecular weight is 311 g/mol. The number of aryl methyl sites for hydroxylation is 1. The Kier molecular flexibility index (Phi) is 4.02. The van der Waals surface area contributed by atoms with Crippen molar-refractivity contribution in [1.82, 2.24) is 5.32 Å². The molecular formula is C15H23BrN2. The number of anilines is 1. The first-order valence-corrected chi connectivity index (χ1v) is 7.43. The third kappa shape index (κ3) is 3.27. The van der Waals surface area contributed by atoms with E-state index in [-0.39, 0.29) is 5.54 Å². The van der Waals surface area contributed by atoms with Crippen LogP contribution in [-0.2, 0) is 0 Å². The van der Waals surface area contributed by atoms with Crippen LogP contribution in [0.5, 0.6) is 0 Å². The minimum Gasteiger partial charge on any atom is -0.369 e. The number of benzene rings is 1. The number of hydrogen-bond acceptors (Lipinski definition) is 2. The van der Waals surface area contributed by atoms with Gasteiger partial charge in [-0.1, -0.05) is 22.9 Å². The predicted molar refractivity (Wildman–Crippen MR) is 82.3 cm³/mol. The van der Waals surface area contributed by atoms with E-state index in [1.165, 1.54) is 15.7 Å². The summed E-state index contributed by atoms with van der Waals surface area (Å²) in [4.78, 5) is 2.50. The van der Waals surface area contributed by atoms with Crippen LogP contribution in [-0.4, -0.2) is 25.2 Å². The first-order valence-electron chi connectivity index (χ1n) is 6.63. The summed E-state index contributed by atoms with van der Waals surface area (Å²) in [6.07, 6.45) is 0. The zero-order valence-electron chi connectivity index (χ0n) is 11.8. The number of hydrogen-bond donors (Lipinski definition) is 1. The molecule has 0 aromatic heterocycles. The molecule has 2 nitrogen and oxygen atoms in total. The van der Waals surface area contributed by atoms with Gasteiger partial charge in [-0.3, -0.25) is 0 Å². The maximum atomic E-state index is 3.65. The summed E-state index contributed by atoms with van der Waals surface area (Å²) >= 11 is 3.57. The second-order valence-electron chi connectivity index (χ2n) is 6.18. The molecule has 0 spiro atoms. The summed E-state index contributed by atoms with van der Waals surface area (Å²) in [5, 5.41) is 3.65. The van der Waals surface area contributed by atoms with Crippen LogP contribution in [0.1, 0.15) is 26.3 Å². The van der Waals surface area contributed by atoms with Crippen molar-refractivity contribution in [3.8, 4) is 0 Å². The molecule has 1 aromatic carbocycles. The summed E-state index contributed by atoms with van der Waals surface area (Å²) in [5.41, 5.74) is 2.81. The Morgan fingerprint density at radius 2 is 2.11 bits per heavy atom. The minimum atomic E-state index is 0.172. The highest BCUT2D eigenvalue weighted by Gasteiger charge is 2.27. The van der Waals surface area contributed by atoms with E-state index >= 15 is 0 Å². The van der Waals surface area contributed by atoms with E-state index in [4.69, 9.17) is 0 Å². The average Bonchev–Trinajstić information content (AvgIpc) is 2.42. The largest absolute Gasteiger partial charge is 0.369 e. The Morgan fingerprint density at radius 3 is 2.78 bits per heavy atom. The molecule has 1 aliphatic rings. The van der Waals surface area contributed by atoms with Crippen LogP contribution in [0, 0.1) is 12.8 Å². The van der Waals surface area contributed by atoms with Gasteiger partial charge in [0.25, 0.3) is 0 Å². The Bertz CT molecular complexity index is 429. The van der Waals surface area contributed by atoms with Gasteiger partial charge in [0.05, 0.1) is 0 Å². The standard InChI is InChI=1S/C15H23BrN2/c1-11-8-17-15(3,4)10-18(9-11)13-5-6-14(16)12(2)7-13/h5-7,11,17H,8-10H2,1-4H3. The first-order chi connectivity index (χ1) is 8.37. The second-order valence-corrected chi connectivity index (χ2v) is 7.04. The molecule has 0 amide bonds. The Morgan fingerprint density at radius 1 is 1.39 bits per heavy atom. The predicted octanol–water partition coefficient (Wildman–Crippen LogP) is 3.58. The van der Waals surface area contributed by atoms with Gasteiger partial charge in [0.15, 0.2) is 0 Å². The molecule has 0 aliphatic carbocycles. The normalized spacial score (nSPS) is 23.8.